The number of rotatable bonds is 14. The van der Waals surface area contributed by atoms with Crippen LogP contribution >= 0.6 is 15.9 Å². The molecule has 2 bridgehead atoms. The van der Waals surface area contributed by atoms with E-state index in [0.29, 0.717) is 41.5 Å². The third-order valence-corrected chi connectivity index (χ3v) is 14.8. The maximum absolute atomic E-state index is 14.3. The minimum atomic E-state index is -0.824. The summed E-state index contributed by atoms with van der Waals surface area (Å²) < 4.78 is 6.35. The zero-order valence-electron chi connectivity index (χ0n) is 33.0. The van der Waals surface area contributed by atoms with Crippen molar-refractivity contribution in [2.24, 2.45) is 58.7 Å². The minimum absolute atomic E-state index is 0.0475. The molecule has 6 aliphatic rings. The minimum Gasteiger partial charge on any atom is -0.394 e. The lowest BCUT2D eigenvalue weighted by atomic mass is 9.45. The Morgan fingerprint density at radius 3 is 2.39 bits per heavy atom. The van der Waals surface area contributed by atoms with E-state index in [0.717, 1.165) is 57.9 Å². The van der Waals surface area contributed by atoms with Crippen LogP contribution in [0.4, 0.5) is 0 Å². The molecule has 0 spiro atoms. The van der Waals surface area contributed by atoms with E-state index in [1.165, 1.54) is 6.42 Å². The molecule has 6 unspecified atom stereocenters. The fourth-order valence-corrected chi connectivity index (χ4v) is 12.4. The molecule has 51 heavy (non-hydrogen) atoms. The standard InChI is InChI=1S/C40H71BrN4O6/c1-22(2)13-30(20-44(7)8)42-38(48)27-14-26(15-29(41)16-27)31-12-10-11-25(37(31)50-9)19-45-36(35(24(4)47)34(21-46)51-45)39(49)43-33-18-28-17-32(23(33)3)40(28,5)6/h22-37,46-47H,10-21H2,1-9H3,(H,42,48)(H,43,49)/t23-,24-,25?,26?,27?,28+,29?,30-,31?,32-,33-,34-,35+,36-,37?/m0/s1. The number of amides is 2. The molecule has 6 fully saturated rings. The van der Waals surface area contributed by atoms with Gasteiger partial charge in [0.1, 0.15) is 12.1 Å². The molecular formula is C40H71BrN4O6. The summed E-state index contributed by atoms with van der Waals surface area (Å²) in [6, 6.07) is -0.471. The molecule has 4 N–H and O–H groups in total. The maximum atomic E-state index is 14.3. The first-order valence-corrected chi connectivity index (χ1v) is 21.1. The van der Waals surface area contributed by atoms with E-state index in [-0.39, 0.29) is 59.2 Å². The van der Waals surface area contributed by atoms with E-state index in [1.807, 2.05) is 0 Å². The fourth-order valence-electron chi connectivity index (χ4n) is 11.5. The lowest BCUT2D eigenvalue weighted by Crippen LogP contribution is -2.62. The van der Waals surface area contributed by atoms with Crippen LogP contribution in [0.25, 0.3) is 0 Å². The zero-order valence-corrected chi connectivity index (χ0v) is 34.6. The molecule has 11 heteroatoms. The molecule has 15 atom stereocenters. The number of ether oxygens (including phenoxy) is 1. The molecule has 5 saturated carbocycles. The van der Waals surface area contributed by atoms with Crippen molar-refractivity contribution in [2.75, 3.05) is 40.9 Å². The van der Waals surface area contributed by atoms with E-state index < -0.39 is 24.2 Å². The smallest absolute Gasteiger partial charge is 0.240 e. The Bertz CT molecular complexity index is 1160. The van der Waals surface area contributed by atoms with Gasteiger partial charge in [0.25, 0.3) is 0 Å². The lowest BCUT2D eigenvalue weighted by molar-refractivity contribution is -0.193. The highest BCUT2D eigenvalue weighted by molar-refractivity contribution is 9.09. The summed E-state index contributed by atoms with van der Waals surface area (Å²) in [7, 11) is 5.92. The van der Waals surface area contributed by atoms with Gasteiger partial charge in [-0.3, -0.25) is 14.4 Å². The van der Waals surface area contributed by atoms with Gasteiger partial charge in [-0.05, 0) is 113 Å². The summed E-state index contributed by atoms with van der Waals surface area (Å²) in [5.41, 5.74) is 0.319. The van der Waals surface area contributed by atoms with Crippen LogP contribution in [0.1, 0.15) is 99.3 Å². The molecular weight excluding hydrogens is 712 g/mol. The number of aliphatic hydroxyl groups is 2. The van der Waals surface area contributed by atoms with Crippen molar-refractivity contribution < 1.29 is 29.4 Å². The van der Waals surface area contributed by atoms with Crippen molar-refractivity contribution in [3.8, 4) is 0 Å². The summed E-state index contributed by atoms with van der Waals surface area (Å²) in [4.78, 5) is 36.8. The molecule has 0 radical (unpaired) electrons. The maximum Gasteiger partial charge on any atom is 0.240 e. The van der Waals surface area contributed by atoms with Crippen LogP contribution in [-0.4, -0.2) is 114 Å². The Kier molecular flexibility index (Phi) is 14.0. The van der Waals surface area contributed by atoms with Crippen LogP contribution in [0, 0.1) is 58.7 Å². The molecule has 2 amide bonds. The topological polar surface area (TPSA) is 124 Å². The second kappa shape index (κ2) is 17.3. The van der Waals surface area contributed by atoms with Crippen molar-refractivity contribution in [3.63, 3.8) is 0 Å². The molecule has 10 nitrogen and oxygen atoms in total. The van der Waals surface area contributed by atoms with Crippen LogP contribution in [0.5, 0.6) is 0 Å². The number of likely N-dealkylation sites (N-methyl/N-ethyl adjacent to an activating group) is 1. The average Bonchev–Trinajstić information content (AvgIpc) is 3.43. The van der Waals surface area contributed by atoms with E-state index in [4.69, 9.17) is 9.57 Å². The number of methoxy groups -OCH3 is 1. The summed E-state index contributed by atoms with van der Waals surface area (Å²) >= 11 is 3.95. The van der Waals surface area contributed by atoms with Crippen LogP contribution in [0.3, 0.4) is 0 Å². The first-order valence-electron chi connectivity index (χ1n) is 20.2. The fraction of sp³-hybridized carbons (Fsp3) is 0.950. The predicted molar refractivity (Wildman–Crippen MR) is 204 cm³/mol. The van der Waals surface area contributed by atoms with Crippen LogP contribution < -0.4 is 10.6 Å². The van der Waals surface area contributed by atoms with Gasteiger partial charge < -0.3 is 30.5 Å². The van der Waals surface area contributed by atoms with Gasteiger partial charge in [0.05, 0.1) is 18.8 Å². The number of hydrogen-bond acceptors (Lipinski definition) is 8. The molecule has 0 aromatic rings. The SMILES string of the molecule is COC1C(CN2O[C@@H](CO)[C@@H]([C@H](C)O)[C@H]2C(=O)N[C@H]2C[C@H]3C[C@@H]([C@@H]2C)C3(C)C)CCCC1C1CC(Br)CC(C(=O)N[C@@H](CC(C)C)CN(C)C)C1. The number of hydrogen-bond donors (Lipinski definition) is 4. The van der Waals surface area contributed by atoms with Gasteiger partial charge in [0.2, 0.25) is 11.8 Å². The van der Waals surface area contributed by atoms with Crippen molar-refractivity contribution in [1.29, 1.82) is 0 Å². The molecule has 294 valence electrons. The van der Waals surface area contributed by atoms with Gasteiger partial charge in [-0.15, -0.1) is 0 Å². The summed E-state index contributed by atoms with van der Waals surface area (Å²) in [6.45, 7) is 14.2. The molecule has 0 aromatic carbocycles. The van der Waals surface area contributed by atoms with Gasteiger partial charge in [-0.1, -0.05) is 57.0 Å². The molecule has 6 rings (SSSR count). The highest BCUT2D eigenvalue weighted by Gasteiger charge is 2.58. The quantitative estimate of drug-likeness (QED) is 0.185. The zero-order chi connectivity index (χ0) is 37.4. The predicted octanol–water partition coefficient (Wildman–Crippen LogP) is 4.85. The number of nitrogens with one attached hydrogen (secondary N) is 2. The van der Waals surface area contributed by atoms with Crippen molar-refractivity contribution in [1.82, 2.24) is 20.6 Å². The van der Waals surface area contributed by atoms with Gasteiger partial charge in [-0.2, -0.15) is 5.06 Å². The Hall–Kier alpha value is -0.820. The summed E-state index contributed by atoms with van der Waals surface area (Å²) in [5, 5.41) is 29.9. The number of halogens is 1. The van der Waals surface area contributed by atoms with Crippen LogP contribution in [0.2, 0.25) is 0 Å². The Morgan fingerprint density at radius 1 is 1.08 bits per heavy atom. The molecule has 1 aliphatic heterocycles. The number of alkyl halides is 1. The van der Waals surface area contributed by atoms with Gasteiger partial charge >= 0.3 is 0 Å². The van der Waals surface area contributed by atoms with Crippen molar-refractivity contribution >= 4 is 27.7 Å². The van der Waals surface area contributed by atoms with E-state index in [9.17, 15) is 19.8 Å². The van der Waals surface area contributed by atoms with E-state index >= 15 is 0 Å². The first-order chi connectivity index (χ1) is 24.0. The largest absolute Gasteiger partial charge is 0.394 e. The second-order valence-electron chi connectivity index (χ2n) is 18.7. The van der Waals surface area contributed by atoms with Crippen molar-refractivity contribution in [3.05, 3.63) is 0 Å². The van der Waals surface area contributed by atoms with Gasteiger partial charge in [0, 0.05) is 54.9 Å². The molecule has 0 aromatic heterocycles. The normalized spacial score (nSPS) is 40.9. The Balaban J connectivity index is 1.28. The molecule has 1 saturated heterocycles. The second-order valence-corrected chi connectivity index (χ2v) is 20.0. The van der Waals surface area contributed by atoms with E-state index in [1.54, 1.807) is 19.1 Å². The number of aliphatic hydroxyl groups excluding tert-OH is 2. The van der Waals surface area contributed by atoms with Crippen molar-refractivity contribution in [2.45, 2.75) is 141 Å². The molecule has 5 aliphatic carbocycles. The third-order valence-electron chi connectivity index (χ3n) is 14.1. The highest BCUT2D eigenvalue weighted by Crippen LogP contribution is 2.61. The number of hydroxylamine groups is 2. The average molecular weight is 784 g/mol. The monoisotopic (exact) mass is 782 g/mol. The summed E-state index contributed by atoms with van der Waals surface area (Å²) in [6.07, 6.45) is 7.37. The lowest BCUT2D eigenvalue weighted by Gasteiger charge is -2.62. The first kappa shape index (κ1) is 41.3. The third kappa shape index (κ3) is 9.18. The molecule has 1 heterocycles. The van der Waals surface area contributed by atoms with E-state index in [2.05, 4.69) is 80.2 Å². The number of fused-ring (bicyclic) bond motifs is 2. The highest BCUT2D eigenvalue weighted by atomic mass is 79.9. The number of carbonyl (C=O) groups is 2. The van der Waals surface area contributed by atoms with Crippen LogP contribution in [-0.2, 0) is 19.2 Å². The number of nitrogens with zero attached hydrogens (tertiary/aromatic N) is 2. The Morgan fingerprint density at radius 2 is 1.80 bits per heavy atom. The Labute approximate surface area is 317 Å². The van der Waals surface area contributed by atoms with Gasteiger partial charge in [0.15, 0.2) is 0 Å². The summed E-state index contributed by atoms with van der Waals surface area (Å²) in [5.74, 6) is 2.30. The van der Waals surface area contributed by atoms with Gasteiger partial charge in [-0.25, -0.2) is 0 Å². The number of carbonyl (C=O) groups excluding carboxylic acids is 2. The van der Waals surface area contributed by atoms with Crippen LogP contribution in [0.15, 0.2) is 0 Å².